The second kappa shape index (κ2) is 7.83. The zero-order valence-electron chi connectivity index (χ0n) is 16.9. The molecule has 1 aromatic carbocycles. The Balaban J connectivity index is 1.39. The van der Waals surface area contributed by atoms with Crippen LogP contribution < -0.4 is 10.9 Å². The number of nitrogens with zero attached hydrogens (tertiary/aromatic N) is 3. The number of amides is 2. The average Bonchev–Trinajstić information content (AvgIpc) is 2.81. The fourth-order valence-corrected chi connectivity index (χ4v) is 4.64. The van der Waals surface area contributed by atoms with Gasteiger partial charge in [-0.1, -0.05) is 24.3 Å². The Morgan fingerprint density at radius 2 is 1.74 bits per heavy atom. The van der Waals surface area contributed by atoms with Crippen molar-refractivity contribution in [3.05, 3.63) is 94.2 Å². The first-order chi connectivity index (χ1) is 15.1. The minimum atomic E-state index is -0.304. The predicted molar refractivity (Wildman–Crippen MR) is 116 cm³/mol. The topological polar surface area (TPSA) is 84.3 Å². The van der Waals surface area contributed by atoms with Gasteiger partial charge in [0.05, 0.1) is 0 Å². The molecular weight excluding hydrogens is 392 g/mol. The third kappa shape index (κ3) is 3.63. The van der Waals surface area contributed by atoms with Crippen molar-refractivity contribution in [1.29, 1.82) is 0 Å². The SMILES string of the molecule is O=C(Nc1ccc2n(c1=O)C[C@@H]1C[C@@H]2CN(C(=O)c2ccccn2)C1)c1ccccc1. The van der Waals surface area contributed by atoms with Gasteiger partial charge in [-0.2, -0.15) is 0 Å². The Bertz CT molecular complexity index is 1190. The molecule has 5 rings (SSSR count). The lowest BCUT2D eigenvalue weighted by Gasteiger charge is -2.42. The van der Waals surface area contributed by atoms with Crippen LogP contribution in [0.4, 0.5) is 5.69 Å². The molecule has 2 amide bonds. The van der Waals surface area contributed by atoms with E-state index >= 15 is 0 Å². The van der Waals surface area contributed by atoms with Gasteiger partial charge in [0.1, 0.15) is 11.4 Å². The third-order valence-electron chi connectivity index (χ3n) is 6.06. The number of carbonyl (C=O) groups excluding carboxylic acids is 2. The molecule has 2 atom stereocenters. The number of aromatic nitrogens is 2. The number of anilines is 1. The van der Waals surface area contributed by atoms with E-state index in [2.05, 4.69) is 10.3 Å². The van der Waals surface area contributed by atoms with Gasteiger partial charge >= 0.3 is 0 Å². The molecule has 156 valence electrons. The average molecular weight is 414 g/mol. The van der Waals surface area contributed by atoms with Gasteiger partial charge in [-0.15, -0.1) is 0 Å². The first-order valence-corrected chi connectivity index (χ1v) is 10.4. The summed E-state index contributed by atoms with van der Waals surface area (Å²) in [6, 6.07) is 17.7. The van der Waals surface area contributed by atoms with Crippen LogP contribution in [0.5, 0.6) is 0 Å². The summed E-state index contributed by atoms with van der Waals surface area (Å²) in [5.41, 5.74) is 1.95. The molecule has 0 saturated carbocycles. The monoisotopic (exact) mass is 414 g/mol. The highest BCUT2D eigenvalue weighted by molar-refractivity contribution is 6.04. The maximum absolute atomic E-state index is 13.1. The molecule has 2 aromatic heterocycles. The van der Waals surface area contributed by atoms with Gasteiger partial charge in [-0.3, -0.25) is 19.4 Å². The van der Waals surface area contributed by atoms with Gasteiger partial charge in [-0.05, 0) is 48.7 Å². The number of carbonyl (C=O) groups is 2. The minimum Gasteiger partial charge on any atom is -0.336 e. The first-order valence-electron chi connectivity index (χ1n) is 10.4. The Morgan fingerprint density at radius 3 is 2.52 bits per heavy atom. The van der Waals surface area contributed by atoms with Crippen molar-refractivity contribution < 1.29 is 9.59 Å². The van der Waals surface area contributed by atoms with E-state index in [1.54, 1.807) is 53.2 Å². The molecule has 0 spiro atoms. The van der Waals surface area contributed by atoms with Crippen molar-refractivity contribution in [1.82, 2.24) is 14.5 Å². The zero-order chi connectivity index (χ0) is 21.4. The van der Waals surface area contributed by atoms with Crippen molar-refractivity contribution in [2.24, 2.45) is 5.92 Å². The van der Waals surface area contributed by atoms with Crippen LogP contribution in [-0.4, -0.2) is 39.4 Å². The number of hydrogen-bond donors (Lipinski definition) is 1. The number of benzene rings is 1. The molecule has 0 radical (unpaired) electrons. The number of pyridine rings is 2. The number of rotatable bonds is 3. The molecule has 0 unspecified atom stereocenters. The summed E-state index contributed by atoms with van der Waals surface area (Å²) in [6.45, 7) is 1.69. The van der Waals surface area contributed by atoms with E-state index < -0.39 is 0 Å². The third-order valence-corrected chi connectivity index (χ3v) is 6.06. The molecule has 1 saturated heterocycles. The molecule has 31 heavy (non-hydrogen) atoms. The molecule has 1 N–H and O–H groups in total. The maximum atomic E-state index is 13.1. The number of hydrogen-bond acceptors (Lipinski definition) is 4. The fraction of sp³-hybridized carbons (Fsp3) is 0.250. The highest BCUT2D eigenvalue weighted by atomic mass is 16.2. The van der Waals surface area contributed by atoms with Crippen LogP contribution in [0.3, 0.4) is 0 Å². The molecule has 2 bridgehead atoms. The molecule has 2 aliphatic heterocycles. The standard InChI is InChI=1S/C24H22N4O3/c29-22(17-6-2-1-3-7-17)26-20-9-10-21-18-12-16(14-28(21)24(20)31)13-27(15-18)23(30)19-8-4-5-11-25-19/h1-11,16,18H,12-15H2,(H,26,29)/t16-,18-/m1/s1. The van der Waals surface area contributed by atoms with Crippen LogP contribution in [0.15, 0.2) is 71.7 Å². The lowest BCUT2D eigenvalue weighted by Crippen LogP contribution is -2.49. The number of likely N-dealkylation sites (tertiary alicyclic amines) is 1. The summed E-state index contributed by atoms with van der Waals surface area (Å²) in [7, 11) is 0. The normalized spacial score (nSPS) is 19.4. The first kappa shape index (κ1) is 19.2. The minimum absolute atomic E-state index is 0.0714. The Labute approximate surface area is 179 Å². The smallest absolute Gasteiger partial charge is 0.274 e. The molecular formula is C24H22N4O3. The summed E-state index contributed by atoms with van der Waals surface area (Å²) < 4.78 is 1.77. The van der Waals surface area contributed by atoms with Crippen molar-refractivity contribution in [3.8, 4) is 0 Å². The molecule has 7 heteroatoms. The van der Waals surface area contributed by atoms with E-state index in [1.807, 2.05) is 23.1 Å². The van der Waals surface area contributed by atoms with Crippen LogP contribution in [0, 0.1) is 5.92 Å². The molecule has 1 fully saturated rings. The maximum Gasteiger partial charge on any atom is 0.274 e. The number of fused-ring (bicyclic) bond motifs is 4. The van der Waals surface area contributed by atoms with Gasteiger partial charge < -0.3 is 14.8 Å². The zero-order valence-corrected chi connectivity index (χ0v) is 16.9. The molecule has 7 nitrogen and oxygen atoms in total. The van der Waals surface area contributed by atoms with E-state index in [4.69, 9.17) is 0 Å². The largest absolute Gasteiger partial charge is 0.336 e. The van der Waals surface area contributed by atoms with Gasteiger partial charge in [0.25, 0.3) is 17.4 Å². The summed E-state index contributed by atoms with van der Waals surface area (Å²) in [6.07, 6.45) is 2.57. The molecule has 4 heterocycles. The quantitative estimate of drug-likeness (QED) is 0.714. The lowest BCUT2D eigenvalue weighted by molar-refractivity contribution is 0.0588. The number of piperidine rings is 1. The Morgan fingerprint density at radius 1 is 0.935 bits per heavy atom. The van der Waals surface area contributed by atoms with E-state index in [0.29, 0.717) is 30.9 Å². The van der Waals surface area contributed by atoms with E-state index in [-0.39, 0.29) is 34.9 Å². The van der Waals surface area contributed by atoms with Gasteiger partial charge in [-0.25, -0.2) is 0 Å². The van der Waals surface area contributed by atoms with Crippen molar-refractivity contribution in [2.75, 3.05) is 18.4 Å². The second-order valence-corrected chi connectivity index (χ2v) is 8.13. The van der Waals surface area contributed by atoms with Crippen molar-refractivity contribution in [3.63, 3.8) is 0 Å². The fourth-order valence-electron chi connectivity index (χ4n) is 4.64. The van der Waals surface area contributed by atoms with Crippen LogP contribution in [0.2, 0.25) is 0 Å². The van der Waals surface area contributed by atoms with Gasteiger partial charge in [0.15, 0.2) is 0 Å². The summed E-state index contributed by atoms with van der Waals surface area (Å²) >= 11 is 0. The van der Waals surface area contributed by atoms with Gasteiger partial charge in [0, 0.05) is 43.0 Å². The molecule has 0 aliphatic carbocycles. The Kier molecular flexibility index (Phi) is 4.86. The second-order valence-electron chi connectivity index (χ2n) is 8.13. The summed E-state index contributed by atoms with van der Waals surface area (Å²) in [5, 5.41) is 2.75. The summed E-state index contributed by atoms with van der Waals surface area (Å²) in [4.78, 5) is 44.5. The van der Waals surface area contributed by atoms with Crippen LogP contribution >= 0.6 is 0 Å². The van der Waals surface area contributed by atoms with E-state index in [0.717, 1.165) is 12.1 Å². The number of nitrogens with one attached hydrogen (secondary N) is 1. The lowest BCUT2D eigenvalue weighted by atomic mass is 9.83. The van der Waals surface area contributed by atoms with Gasteiger partial charge in [0.2, 0.25) is 0 Å². The van der Waals surface area contributed by atoms with Crippen LogP contribution in [-0.2, 0) is 6.54 Å². The summed E-state index contributed by atoms with van der Waals surface area (Å²) in [5.74, 6) is -0.0948. The molecule has 2 aliphatic rings. The van der Waals surface area contributed by atoms with Crippen LogP contribution in [0.1, 0.15) is 38.9 Å². The van der Waals surface area contributed by atoms with Crippen molar-refractivity contribution >= 4 is 17.5 Å². The molecule has 3 aromatic rings. The predicted octanol–water partition coefficient (Wildman–Crippen LogP) is 2.76. The van der Waals surface area contributed by atoms with E-state index in [1.165, 1.54) is 0 Å². The van der Waals surface area contributed by atoms with Crippen molar-refractivity contribution in [2.45, 2.75) is 18.9 Å². The highest BCUT2D eigenvalue weighted by Crippen LogP contribution is 2.35. The Hall–Kier alpha value is -3.74. The van der Waals surface area contributed by atoms with E-state index in [9.17, 15) is 14.4 Å². The highest BCUT2D eigenvalue weighted by Gasteiger charge is 2.37. The van der Waals surface area contributed by atoms with Crippen LogP contribution in [0.25, 0.3) is 0 Å².